The molecule has 1 aromatic carbocycles. The summed E-state index contributed by atoms with van der Waals surface area (Å²) in [7, 11) is 1.99. The molecule has 2 N–H and O–H groups in total. The molecule has 1 aromatic rings. The van der Waals surface area contributed by atoms with Gasteiger partial charge >= 0.3 is 0 Å². The highest BCUT2D eigenvalue weighted by Gasteiger charge is 2.48. The third-order valence-corrected chi connectivity index (χ3v) is 6.00. The van der Waals surface area contributed by atoms with Gasteiger partial charge < -0.3 is 31.8 Å². The summed E-state index contributed by atoms with van der Waals surface area (Å²) < 4.78 is 2.49. The summed E-state index contributed by atoms with van der Waals surface area (Å²) in [6.07, 6.45) is 1.19. The van der Waals surface area contributed by atoms with Crippen LogP contribution >= 0.6 is 0 Å². The summed E-state index contributed by atoms with van der Waals surface area (Å²) in [5.41, 5.74) is 2.83. The van der Waals surface area contributed by atoms with Gasteiger partial charge in [0.05, 0.1) is 13.2 Å². The third-order valence-electron chi connectivity index (χ3n) is 6.00. The minimum absolute atomic E-state index is 0. The van der Waals surface area contributed by atoms with Gasteiger partial charge in [-0.3, -0.25) is 0 Å². The zero-order chi connectivity index (χ0) is 15.5. The topological polar surface area (TPSA) is 32.3 Å². The molecule has 130 valence electrons. The molecule has 0 saturated carbocycles. The van der Waals surface area contributed by atoms with Crippen LogP contribution in [0, 0.1) is 0 Å². The Labute approximate surface area is 146 Å². The fourth-order valence-corrected chi connectivity index (χ4v) is 4.22. The van der Waals surface area contributed by atoms with Crippen molar-refractivity contribution in [2.45, 2.75) is 13.0 Å². The summed E-state index contributed by atoms with van der Waals surface area (Å²) in [4.78, 5) is 0. The maximum absolute atomic E-state index is 9.28. The number of halogens is 1. The first-order chi connectivity index (χ1) is 10.7. The summed E-state index contributed by atoms with van der Waals surface area (Å²) in [5, 5.41) is 12.5. The molecule has 0 spiro atoms. The fourth-order valence-electron chi connectivity index (χ4n) is 4.22. The van der Waals surface area contributed by atoms with Crippen molar-refractivity contribution in [1.29, 1.82) is 0 Å². The summed E-state index contributed by atoms with van der Waals surface area (Å²) in [6.45, 7) is 11.3. The predicted octanol–water partition coefficient (Wildman–Crippen LogP) is -2.39. The Bertz CT molecular complexity index is 467. The Morgan fingerprint density at radius 3 is 1.83 bits per heavy atom. The van der Waals surface area contributed by atoms with Gasteiger partial charge in [-0.15, -0.1) is 0 Å². The van der Waals surface area contributed by atoms with E-state index in [1.54, 1.807) is 0 Å². The molecule has 0 aliphatic carbocycles. The van der Waals surface area contributed by atoms with Crippen LogP contribution in [0.5, 0.6) is 0 Å². The van der Waals surface area contributed by atoms with Crippen LogP contribution < -0.4 is 17.7 Å². The van der Waals surface area contributed by atoms with E-state index in [4.69, 9.17) is 0 Å². The number of nitrogens with one attached hydrogen (secondary N) is 1. The van der Waals surface area contributed by atoms with E-state index >= 15 is 0 Å². The molecular weight excluding hydrogens is 310 g/mol. The van der Waals surface area contributed by atoms with Crippen molar-refractivity contribution in [3.63, 3.8) is 0 Å². The van der Waals surface area contributed by atoms with Gasteiger partial charge in [-0.1, -0.05) is 24.3 Å². The molecule has 3 aliphatic heterocycles. The number of fused-ring (bicyclic) bond motifs is 3. The molecule has 3 heterocycles. The number of rotatable bonds is 7. The lowest BCUT2D eigenvalue weighted by atomic mass is 10.0. The smallest absolute Gasteiger partial charge is 0.129 e. The molecule has 0 radical (unpaired) electrons. The van der Waals surface area contributed by atoms with Crippen LogP contribution in [0.3, 0.4) is 0 Å². The van der Waals surface area contributed by atoms with E-state index in [1.807, 2.05) is 7.05 Å². The van der Waals surface area contributed by atoms with Gasteiger partial charge in [0.25, 0.3) is 0 Å². The maximum atomic E-state index is 9.28. The number of benzene rings is 1. The molecule has 0 amide bonds. The molecule has 4 rings (SSSR count). The molecule has 2 bridgehead atoms. The van der Waals surface area contributed by atoms with Crippen LogP contribution in [0.4, 0.5) is 0 Å². The van der Waals surface area contributed by atoms with Crippen LogP contribution in [0.15, 0.2) is 24.3 Å². The first kappa shape index (κ1) is 18.7. The van der Waals surface area contributed by atoms with Crippen molar-refractivity contribution in [2.24, 2.45) is 0 Å². The number of hydrogen-bond donors (Lipinski definition) is 2. The molecular formula is C18H31ClN3O+. The average molecular weight is 341 g/mol. The van der Waals surface area contributed by atoms with Crippen LogP contribution in [0.2, 0.25) is 0 Å². The quantitative estimate of drug-likeness (QED) is 0.543. The Balaban J connectivity index is 0.00000192. The Morgan fingerprint density at radius 2 is 1.35 bits per heavy atom. The molecule has 23 heavy (non-hydrogen) atoms. The van der Waals surface area contributed by atoms with Crippen LogP contribution in [-0.2, 0) is 13.0 Å². The van der Waals surface area contributed by atoms with Crippen LogP contribution in [-0.4, -0.2) is 80.1 Å². The van der Waals surface area contributed by atoms with Crippen molar-refractivity contribution in [1.82, 2.24) is 5.32 Å². The number of aliphatic hydroxyl groups is 1. The second-order valence-corrected chi connectivity index (χ2v) is 7.29. The van der Waals surface area contributed by atoms with Gasteiger partial charge in [0.15, 0.2) is 0 Å². The van der Waals surface area contributed by atoms with E-state index in [1.165, 1.54) is 72.3 Å². The van der Waals surface area contributed by atoms with E-state index < -0.39 is 0 Å². The standard InChI is InChI=1S/C18H31N3O.ClH/c1-19-16-18-4-2-17(3-5-18)6-7-20-8-11-21(12-9-20,13-10-20)14-15-22;/h2-5,19,22H,6-16H2,1H3;1H/q+2;/p-1. The maximum Gasteiger partial charge on any atom is 0.129 e. The van der Waals surface area contributed by atoms with Gasteiger partial charge in [0.1, 0.15) is 45.8 Å². The van der Waals surface area contributed by atoms with Crippen LogP contribution in [0.1, 0.15) is 11.1 Å². The van der Waals surface area contributed by atoms with Gasteiger partial charge in [-0.2, -0.15) is 0 Å². The SMILES string of the molecule is CNCc1ccc(CC[N+]23CC[N+](CCO)(CC2)CC3)cc1.[Cl-]. The van der Waals surface area contributed by atoms with Gasteiger partial charge in [-0.05, 0) is 18.2 Å². The third kappa shape index (κ3) is 4.25. The molecule has 3 saturated heterocycles. The Kier molecular flexibility index (Phi) is 6.46. The van der Waals surface area contributed by atoms with E-state index in [9.17, 15) is 5.11 Å². The van der Waals surface area contributed by atoms with E-state index in [0.717, 1.165) is 13.1 Å². The van der Waals surface area contributed by atoms with Crippen molar-refractivity contribution < 1.29 is 26.5 Å². The fraction of sp³-hybridized carbons (Fsp3) is 0.667. The minimum Gasteiger partial charge on any atom is -1.00 e. The highest BCUT2D eigenvalue weighted by molar-refractivity contribution is 5.22. The summed E-state index contributed by atoms with van der Waals surface area (Å²) in [5.74, 6) is 0. The number of hydrogen-bond acceptors (Lipinski definition) is 2. The lowest BCUT2D eigenvalue weighted by molar-refractivity contribution is -1.08. The predicted molar refractivity (Wildman–Crippen MR) is 89.5 cm³/mol. The zero-order valence-corrected chi connectivity index (χ0v) is 15.1. The Morgan fingerprint density at radius 1 is 0.870 bits per heavy atom. The highest BCUT2D eigenvalue weighted by atomic mass is 35.5. The number of nitrogens with zero attached hydrogens (tertiary/aromatic N) is 2. The number of piperazine rings is 3. The number of aliphatic hydroxyl groups excluding tert-OH is 1. The van der Waals surface area contributed by atoms with Gasteiger partial charge in [0, 0.05) is 13.0 Å². The molecule has 4 nitrogen and oxygen atoms in total. The molecule has 5 heteroatoms. The largest absolute Gasteiger partial charge is 1.00 e. The lowest BCUT2D eigenvalue weighted by Gasteiger charge is -2.55. The van der Waals surface area contributed by atoms with Gasteiger partial charge in [0.2, 0.25) is 0 Å². The first-order valence-corrected chi connectivity index (χ1v) is 8.73. The molecule has 3 aliphatic rings. The van der Waals surface area contributed by atoms with Crippen molar-refractivity contribution >= 4 is 0 Å². The molecule has 0 atom stereocenters. The van der Waals surface area contributed by atoms with Crippen LogP contribution in [0.25, 0.3) is 0 Å². The average Bonchev–Trinajstić information content (AvgIpc) is 2.57. The van der Waals surface area contributed by atoms with E-state index in [2.05, 4.69) is 29.6 Å². The van der Waals surface area contributed by atoms with E-state index in [0.29, 0.717) is 6.61 Å². The molecule has 0 aromatic heterocycles. The van der Waals surface area contributed by atoms with Crippen molar-refractivity contribution in [3.8, 4) is 0 Å². The second kappa shape index (κ2) is 7.95. The van der Waals surface area contributed by atoms with Crippen molar-refractivity contribution in [2.75, 3.05) is 66.0 Å². The molecule has 3 fully saturated rings. The first-order valence-electron chi connectivity index (χ1n) is 8.73. The Hall–Kier alpha value is -0.650. The van der Waals surface area contributed by atoms with Gasteiger partial charge in [-0.25, -0.2) is 0 Å². The van der Waals surface area contributed by atoms with Crippen molar-refractivity contribution in [3.05, 3.63) is 35.4 Å². The second-order valence-electron chi connectivity index (χ2n) is 7.29. The number of quaternary nitrogens is 2. The normalized spacial score (nSPS) is 29.3. The zero-order valence-electron chi connectivity index (χ0n) is 14.3. The lowest BCUT2D eigenvalue weighted by Crippen LogP contribution is -3.00. The summed E-state index contributed by atoms with van der Waals surface area (Å²) in [6, 6.07) is 9.10. The van der Waals surface area contributed by atoms with E-state index in [-0.39, 0.29) is 12.4 Å². The monoisotopic (exact) mass is 340 g/mol. The summed E-state index contributed by atoms with van der Waals surface area (Å²) >= 11 is 0. The molecule has 0 unspecified atom stereocenters. The minimum atomic E-state index is 0. The highest BCUT2D eigenvalue weighted by Crippen LogP contribution is 2.26.